The topological polar surface area (TPSA) is 12.9 Å². The van der Waals surface area contributed by atoms with E-state index in [1.165, 1.54) is 6.08 Å². The fraction of sp³-hybridized carbons (Fsp3) is 0. The van der Waals surface area contributed by atoms with E-state index in [0.29, 0.717) is 5.56 Å². The molecule has 1 heterocycles. The molecule has 0 fully saturated rings. The molecule has 14 heavy (non-hydrogen) atoms. The van der Waals surface area contributed by atoms with Gasteiger partial charge in [0, 0.05) is 17.1 Å². The number of pyridine rings is 1. The van der Waals surface area contributed by atoms with E-state index in [4.69, 9.17) is 0 Å². The van der Waals surface area contributed by atoms with Crippen molar-refractivity contribution in [2.75, 3.05) is 0 Å². The van der Waals surface area contributed by atoms with E-state index in [1.807, 2.05) is 12.1 Å². The molecule has 2 aromatic rings. The number of nitrogens with zero attached hydrogens (tertiary/aromatic N) is 1. The summed E-state index contributed by atoms with van der Waals surface area (Å²) in [5.41, 5.74) is 1.34. The van der Waals surface area contributed by atoms with Crippen LogP contribution < -0.4 is 0 Å². The Hall–Kier alpha value is -1.70. The molecule has 1 aromatic carbocycles. The molecule has 1 radical (unpaired) electrons. The Morgan fingerprint density at radius 3 is 2.93 bits per heavy atom. The molecule has 0 aliphatic heterocycles. The van der Waals surface area contributed by atoms with E-state index < -0.39 is 0 Å². The maximum Gasteiger partial charge on any atom is 0.127 e. The highest BCUT2D eigenvalue weighted by molar-refractivity contribution is 5.89. The molecule has 2 rings (SSSR count). The van der Waals surface area contributed by atoms with Gasteiger partial charge in [0.1, 0.15) is 5.83 Å². The van der Waals surface area contributed by atoms with Gasteiger partial charge in [-0.3, -0.25) is 4.98 Å². The summed E-state index contributed by atoms with van der Waals surface area (Å²) in [5, 5.41) is 0.812. The zero-order valence-electron chi connectivity index (χ0n) is 7.57. The molecule has 69 valence electrons. The van der Waals surface area contributed by atoms with E-state index in [2.05, 4.69) is 11.9 Å². The zero-order valence-corrected chi connectivity index (χ0v) is 7.57. The van der Waals surface area contributed by atoms with E-state index >= 15 is 0 Å². The number of fused-ring (bicyclic) bond motifs is 1. The van der Waals surface area contributed by atoms with Crippen LogP contribution in [0.5, 0.6) is 0 Å². The molecule has 0 spiro atoms. The Balaban J connectivity index is 2.77. The maximum absolute atomic E-state index is 13.4. The Bertz CT molecular complexity index is 483. The Kier molecular flexibility index (Phi) is 2.27. The van der Waals surface area contributed by atoms with Crippen molar-refractivity contribution in [2.24, 2.45) is 0 Å². The second kappa shape index (κ2) is 3.58. The molecule has 0 saturated heterocycles. The number of aromatic nitrogens is 1. The highest BCUT2D eigenvalue weighted by Crippen LogP contribution is 2.24. The Morgan fingerprint density at radius 1 is 1.29 bits per heavy atom. The number of halogens is 1. The van der Waals surface area contributed by atoms with Crippen molar-refractivity contribution >= 4 is 16.7 Å². The summed E-state index contributed by atoms with van der Waals surface area (Å²) in [6.45, 7) is 3.41. The zero-order chi connectivity index (χ0) is 9.97. The fourth-order valence-corrected chi connectivity index (χ4v) is 1.42. The molecule has 1 nitrogen and oxygen atoms in total. The third-order valence-electron chi connectivity index (χ3n) is 2.08. The molecule has 1 aromatic heterocycles. The number of allylic oxidation sites excluding steroid dienone is 1. The van der Waals surface area contributed by atoms with Gasteiger partial charge < -0.3 is 0 Å². The third-order valence-corrected chi connectivity index (χ3v) is 2.08. The lowest BCUT2D eigenvalue weighted by Crippen LogP contribution is -1.83. The van der Waals surface area contributed by atoms with Crippen LogP contribution in [0.3, 0.4) is 0 Å². The average Bonchev–Trinajstić information content (AvgIpc) is 2.27. The first-order chi connectivity index (χ1) is 6.83. The van der Waals surface area contributed by atoms with Gasteiger partial charge in [0.25, 0.3) is 0 Å². The van der Waals surface area contributed by atoms with Gasteiger partial charge in [0.05, 0.1) is 5.52 Å². The van der Waals surface area contributed by atoms with Gasteiger partial charge in [-0.25, -0.2) is 4.39 Å². The van der Waals surface area contributed by atoms with E-state index in [9.17, 15) is 4.39 Å². The van der Waals surface area contributed by atoms with Crippen LogP contribution >= 0.6 is 0 Å². The predicted octanol–water partition coefficient (Wildman–Crippen LogP) is 3.38. The predicted molar refractivity (Wildman–Crippen MR) is 56.2 cm³/mol. The monoisotopic (exact) mass is 186 g/mol. The largest absolute Gasteiger partial charge is 0.256 e. The van der Waals surface area contributed by atoms with Gasteiger partial charge in [-0.15, -0.1) is 0 Å². The second-order valence-electron chi connectivity index (χ2n) is 2.93. The summed E-state index contributed by atoms with van der Waals surface area (Å²) in [5.74, 6) is -0.316. The summed E-state index contributed by atoms with van der Waals surface area (Å²) >= 11 is 0. The lowest BCUT2D eigenvalue weighted by molar-refractivity contribution is 0.761. The quantitative estimate of drug-likeness (QED) is 0.665. The second-order valence-corrected chi connectivity index (χ2v) is 2.93. The first-order valence-corrected chi connectivity index (χ1v) is 4.32. The highest BCUT2D eigenvalue weighted by atomic mass is 19.1. The number of benzene rings is 1. The SMILES string of the molecule is [CH2]/C=C(/F)c1cccc2ncccc12. The molecule has 2 heteroatoms. The highest BCUT2D eigenvalue weighted by Gasteiger charge is 2.04. The number of hydrogen-bond acceptors (Lipinski definition) is 1. The van der Waals surface area contributed by atoms with Crippen molar-refractivity contribution in [1.82, 2.24) is 4.98 Å². The lowest BCUT2D eigenvalue weighted by Gasteiger charge is -2.02. The summed E-state index contributed by atoms with van der Waals surface area (Å²) in [7, 11) is 0. The van der Waals surface area contributed by atoms with Crippen LogP contribution in [0.1, 0.15) is 5.56 Å². The van der Waals surface area contributed by atoms with Gasteiger partial charge in [0.15, 0.2) is 0 Å². The van der Waals surface area contributed by atoms with Crippen LogP contribution in [0.15, 0.2) is 42.6 Å². The van der Waals surface area contributed by atoms with Gasteiger partial charge in [0.2, 0.25) is 0 Å². The van der Waals surface area contributed by atoms with Crippen molar-refractivity contribution in [3.05, 3.63) is 55.1 Å². The van der Waals surface area contributed by atoms with E-state index in [1.54, 1.807) is 24.4 Å². The van der Waals surface area contributed by atoms with E-state index in [-0.39, 0.29) is 5.83 Å². The molecule has 0 aliphatic carbocycles. The van der Waals surface area contributed by atoms with Crippen LogP contribution in [-0.2, 0) is 0 Å². The Morgan fingerprint density at radius 2 is 2.14 bits per heavy atom. The van der Waals surface area contributed by atoms with Gasteiger partial charge in [-0.1, -0.05) is 18.2 Å². The summed E-state index contributed by atoms with van der Waals surface area (Å²) < 4.78 is 13.4. The Labute approximate surface area is 81.9 Å². The first kappa shape index (κ1) is 8.88. The molecular weight excluding hydrogens is 177 g/mol. The first-order valence-electron chi connectivity index (χ1n) is 4.32. The fourth-order valence-electron chi connectivity index (χ4n) is 1.42. The minimum atomic E-state index is -0.316. The minimum absolute atomic E-state index is 0.316. The smallest absolute Gasteiger partial charge is 0.127 e. The van der Waals surface area contributed by atoms with E-state index in [0.717, 1.165) is 10.9 Å². The van der Waals surface area contributed by atoms with Crippen LogP contribution in [0.2, 0.25) is 0 Å². The van der Waals surface area contributed by atoms with Crippen LogP contribution in [-0.4, -0.2) is 4.98 Å². The van der Waals surface area contributed by atoms with Crippen LogP contribution in [0.25, 0.3) is 16.7 Å². The van der Waals surface area contributed by atoms with Gasteiger partial charge in [-0.05, 0) is 25.1 Å². The van der Waals surface area contributed by atoms with Crippen molar-refractivity contribution in [3.8, 4) is 0 Å². The molecule has 0 aliphatic rings. The van der Waals surface area contributed by atoms with Crippen molar-refractivity contribution in [1.29, 1.82) is 0 Å². The number of hydrogen-bond donors (Lipinski definition) is 0. The van der Waals surface area contributed by atoms with Crippen LogP contribution in [0.4, 0.5) is 4.39 Å². The summed E-state index contributed by atoms with van der Waals surface area (Å²) in [6.07, 6.45) is 2.90. The molecular formula is C12H9FN. The molecule has 0 atom stereocenters. The summed E-state index contributed by atoms with van der Waals surface area (Å²) in [6, 6.07) is 9.01. The molecule has 0 bridgehead atoms. The summed E-state index contributed by atoms with van der Waals surface area (Å²) in [4.78, 5) is 4.14. The lowest BCUT2D eigenvalue weighted by atomic mass is 10.1. The van der Waals surface area contributed by atoms with Crippen LogP contribution in [0, 0.1) is 6.92 Å². The van der Waals surface area contributed by atoms with Crippen molar-refractivity contribution in [2.45, 2.75) is 0 Å². The van der Waals surface area contributed by atoms with Crippen molar-refractivity contribution in [3.63, 3.8) is 0 Å². The normalized spacial score (nSPS) is 12.0. The van der Waals surface area contributed by atoms with Gasteiger partial charge in [-0.2, -0.15) is 0 Å². The van der Waals surface area contributed by atoms with Crippen molar-refractivity contribution < 1.29 is 4.39 Å². The molecule has 0 unspecified atom stereocenters. The van der Waals surface area contributed by atoms with Gasteiger partial charge >= 0.3 is 0 Å². The standard InChI is InChI=1S/C12H9FN/c1-2-11(13)9-5-3-7-12-10(9)6-4-8-14-12/h2-8H,1H2/b11-2+. The minimum Gasteiger partial charge on any atom is -0.256 e. The third kappa shape index (κ3) is 1.39. The number of rotatable bonds is 1. The molecule has 0 saturated carbocycles. The maximum atomic E-state index is 13.4. The molecule has 0 amide bonds. The molecule has 0 N–H and O–H groups in total. The average molecular weight is 186 g/mol.